The minimum atomic E-state index is -3.53. The second-order valence-electron chi connectivity index (χ2n) is 3.36. The van der Waals surface area contributed by atoms with Crippen LogP contribution >= 0.6 is 11.3 Å². The minimum absolute atomic E-state index is 0.0565. The van der Waals surface area contributed by atoms with E-state index in [9.17, 15) is 8.42 Å². The summed E-state index contributed by atoms with van der Waals surface area (Å²) in [5, 5.41) is 5.55. The van der Waals surface area contributed by atoms with Gasteiger partial charge in [-0.05, 0) is 6.07 Å². The molecule has 0 radical (unpaired) electrons. The maximum absolute atomic E-state index is 11.8. The molecule has 0 aromatic carbocycles. The summed E-state index contributed by atoms with van der Waals surface area (Å²) in [6, 6.07) is 1.42. The van der Waals surface area contributed by atoms with Crippen LogP contribution in [0.1, 0.15) is 5.82 Å². The lowest BCUT2D eigenvalue weighted by Crippen LogP contribution is -2.23. The minimum Gasteiger partial charge on any atom is -0.398 e. The Balaban J connectivity index is 2.08. The number of rotatable bonds is 4. The molecule has 7 nitrogen and oxygen atoms in total. The van der Waals surface area contributed by atoms with Crippen molar-refractivity contribution in [1.29, 1.82) is 0 Å². The number of nitrogens with zero attached hydrogens (tertiary/aromatic N) is 3. The SMILES string of the molecule is Cn1cnc(CNS(=O)(=O)c2cc(N)cs2)n1. The van der Waals surface area contributed by atoms with Gasteiger partial charge in [0.25, 0.3) is 10.0 Å². The zero-order valence-corrected chi connectivity index (χ0v) is 10.6. The standard InChI is InChI=1S/C8H11N5O2S2/c1-13-5-10-7(12-13)3-11-17(14,15)8-2-6(9)4-16-8/h2,4-5,11H,3,9H2,1H3. The first kappa shape index (κ1) is 12.0. The molecule has 0 amide bonds. The molecule has 92 valence electrons. The molecular weight excluding hydrogens is 262 g/mol. The summed E-state index contributed by atoms with van der Waals surface area (Å²) in [4.78, 5) is 3.92. The molecule has 2 rings (SSSR count). The van der Waals surface area contributed by atoms with Gasteiger partial charge in [-0.3, -0.25) is 4.68 Å². The van der Waals surface area contributed by atoms with Crippen molar-refractivity contribution in [2.24, 2.45) is 7.05 Å². The lowest BCUT2D eigenvalue weighted by molar-refractivity contribution is 0.581. The maximum atomic E-state index is 11.8. The lowest BCUT2D eigenvalue weighted by atomic mass is 10.6. The number of nitrogens with one attached hydrogen (secondary N) is 1. The van der Waals surface area contributed by atoms with Crippen LogP contribution < -0.4 is 10.5 Å². The third kappa shape index (κ3) is 2.81. The predicted octanol–water partition coefficient (Wildman–Crippen LogP) is -0.0627. The Kier molecular flexibility index (Phi) is 3.13. The van der Waals surface area contributed by atoms with E-state index in [2.05, 4.69) is 14.8 Å². The fourth-order valence-electron chi connectivity index (χ4n) is 1.17. The van der Waals surface area contributed by atoms with Gasteiger partial charge in [0.2, 0.25) is 0 Å². The highest BCUT2D eigenvalue weighted by molar-refractivity contribution is 7.91. The van der Waals surface area contributed by atoms with Gasteiger partial charge < -0.3 is 5.73 Å². The van der Waals surface area contributed by atoms with E-state index >= 15 is 0 Å². The number of aromatic nitrogens is 3. The summed E-state index contributed by atoms with van der Waals surface area (Å²) < 4.78 is 27.7. The van der Waals surface area contributed by atoms with Crippen LogP contribution in [-0.2, 0) is 23.6 Å². The first-order valence-electron chi connectivity index (χ1n) is 4.65. The Bertz CT molecular complexity index is 615. The van der Waals surface area contributed by atoms with Crippen molar-refractivity contribution in [2.45, 2.75) is 10.8 Å². The molecule has 0 aliphatic rings. The zero-order valence-electron chi connectivity index (χ0n) is 8.99. The van der Waals surface area contributed by atoms with Gasteiger partial charge >= 0.3 is 0 Å². The number of hydrogen-bond acceptors (Lipinski definition) is 6. The summed E-state index contributed by atoms with van der Waals surface area (Å²) in [5.74, 6) is 0.417. The molecule has 17 heavy (non-hydrogen) atoms. The molecule has 0 fully saturated rings. The molecule has 0 aliphatic heterocycles. The van der Waals surface area contributed by atoms with E-state index < -0.39 is 10.0 Å². The van der Waals surface area contributed by atoms with Crippen LogP contribution in [0.2, 0.25) is 0 Å². The fourth-order valence-corrected chi connectivity index (χ4v) is 3.27. The number of thiophene rings is 1. The second-order valence-corrected chi connectivity index (χ2v) is 6.26. The molecule has 9 heteroatoms. The van der Waals surface area contributed by atoms with Crippen molar-refractivity contribution < 1.29 is 8.42 Å². The van der Waals surface area contributed by atoms with Gasteiger partial charge in [-0.2, -0.15) is 5.10 Å². The highest BCUT2D eigenvalue weighted by Crippen LogP contribution is 2.21. The quantitative estimate of drug-likeness (QED) is 0.812. The summed E-state index contributed by atoms with van der Waals surface area (Å²) in [6.45, 7) is 0.0565. The van der Waals surface area contributed by atoms with Gasteiger partial charge in [0.1, 0.15) is 10.5 Å². The fraction of sp³-hybridized carbons (Fsp3) is 0.250. The average Bonchev–Trinajstić information content (AvgIpc) is 2.85. The number of nitrogen functional groups attached to an aromatic ring is 1. The number of anilines is 1. The summed E-state index contributed by atoms with van der Waals surface area (Å²) >= 11 is 1.08. The Morgan fingerprint density at radius 1 is 1.59 bits per heavy atom. The Labute approximate surface area is 102 Å². The van der Waals surface area contributed by atoms with Crippen molar-refractivity contribution in [3.05, 3.63) is 23.6 Å². The van der Waals surface area contributed by atoms with E-state index in [0.717, 1.165) is 11.3 Å². The van der Waals surface area contributed by atoms with E-state index in [-0.39, 0.29) is 10.8 Å². The van der Waals surface area contributed by atoms with Gasteiger partial charge in [0, 0.05) is 18.1 Å². The highest BCUT2D eigenvalue weighted by atomic mass is 32.2. The van der Waals surface area contributed by atoms with Crippen LogP contribution in [0.25, 0.3) is 0 Å². The Morgan fingerprint density at radius 2 is 2.35 bits per heavy atom. The molecule has 0 atom stereocenters. The third-order valence-electron chi connectivity index (χ3n) is 1.93. The molecule has 0 bridgehead atoms. The van der Waals surface area contributed by atoms with Gasteiger partial charge in [-0.15, -0.1) is 11.3 Å². The third-order valence-corrected chi connectivity index (χ3v) is 4.79. The van der Waals surface area contributed by atoms with E-state index in [1.807, 2.05) is 0 Å². The largest absolute Gasteiger partial charge is 0.398 e. The number of aryl methyl sites for hydroxylation is 1. The molecule has 0 saturated heterocycles. The maximum Gasteiger partial charge on any atom is 0.250 e. The smallest absolute Gasteiger partial charge is 0.250 e. The van der Waals surface area contributed by atoms with E-state index in [1.54, 1.807) is 12.4 Å². The predicted molar refractivity (Wildman–Crippen MR) is 63.8 cm³/mol. The van der Waals surface area contributed by atoms with Crippen molar-refractivity contribution >= 4 is 27.0 Å². The number of nitrogens with two attached hydrogens (primary N) is 1. The van der Waals surface area contributed by atoms with Crippen molar-refractivity contribution in [1.82, 2.24) is 19.5 Å². The van der Waals surface area contributed by atoms with Gasteiger partial charge in [0.15, 0.2) is 5.82 Å². The van der Waals surface area contributed by atoms with Crippen LogP contribution in [0.15, 0.2) is 22.0 Å². The van der Waals surface area contributed by atoms with Crippen LogP contribution in [0.5, 0.6) is 0 Å². The van der Waals surface area contributed by atoms with Crippen molar-refractivity contribution in [3.8, 4) is 0 Å². The molecule has 3 N–H and O–H groups in total. The number of hydrogen-bond donors (Lipinski definition) is 2. The molecule has 0 saturated carbocycles. The van der Waals surface area contributed by atoms with E-state index in [0.29, 0.717) is 11.5 Å². The summed E-state index contributed by atoms with van der Waals surface area (Å²) in [7, 11) is -1.82. The lowest BCUT2D eigenvalue weighted by Gasteiger charge is -2.01. The Hall–Kier alpha value is -1.45. The highest BCUT2D eigenvalue weighted by Gasteiger charge is 2.16. The molecule has 2 aromatic heterocycles. The molecule has 0 spiro atoms. The molecule has 2 aromatic rings. The van der Waals surface area contributed by atoms with Crippen LogP contribution in [0.3, 0.4) is 0 Å². The van der Waals surface area contributed by atoms with Crippen LogP contribution in [0.4, 0.5) is 5.69 Å². The first-order valence-corrected chi connectivity index (χ1v) is 7.02. The van der Waals surface area contributed by atoms with E-state index in [1.165, 1.54) is 17.1 Å². The van der Waals surface area contributed by atoms with Gasteiger partial charge in [-0.25, -0.2) is 18.1 Å². The normalized spacial score (nSPS) is 11.8. The Morgan fingerprint density at radius 3 is 2.88 bits per heavy atom. The van der Waals surface area contributed by atoms with Crippen LogP contribution in [-0.4, -0.2) is 23.2 Å². The van der Waals surface area contributed by atoms with Crippen LogP contribution in [0, 0.1) is 0 Å². The molecular formula is C8H11N5O2S2. The zero-order chi connectivity index (χ0) is 12.5. The average molecular weight is 273 g/mol. The van der Waals surface area contributed by atoms with E-state index in [4.69, 9.17) is 5.73 Å². The first-order chi connectivity index (χ1) is 7.97. The monoisotopic (exact) mass is 273 g/mol. The van der Waals surface area contributed by atoms with Crippen molar-refractivity contribution in [3.63, 3.8) is 0 Å². The summed E-state index contributed by atoms with van der Waals surface area (Å²) in [6.07, 6.45) is 1.51. The summed E-state index contributed by atoms with van der Waals surface area (Å²) in [5.41, 5.74) is 5.91. The second kappa shape index (κ2) is 4.43. The molecule has 0 aliphatic carbocycles. The van der Waals surface area contributed by atoms with Gasteiger partial charge in [-0.1, -0.05) is 0 Å². The molecule has 2 heterocycles. The van der Waals surface area contributed by atoms with Gasteiger partial charge in [0.05, 0.1) is 6.54 Å². The van der Waals surface area contributed by atoms with Crippen molar-refractivity contribution in [2.75, 3.05) is 5.73 Å². The number of sulfonamides is 1. The topological polar surface area (TPSA) is 103 Å². The molecule has 0 unspecified atom stereocenters.